The number of nitrogens with two attached hydrogens (primary N) is 2. The fourth-order valence-corrected chi connectivity index (χ4v) is 2.94. The molecule has 0 radical (unpaired) electrons. The Balaban J connectivity index is 1.97. The molecule has 10 heteroatoms. The summed E-state index contributed by atoms with van der Waals surface area (Å²) < 4.78 is 40.5. The van der Waals surface area contributed by atoms with Crippen LogP contribution in [0.3, 0.4) is 0 Å². The van der Waals surface area contributed by atoms with Gasteiger partial charge in [-0.1, -0.05) is 0 Å². The lowest BCUT2D eigenvalue weighted by molar-refractivity contribution is -0.274. The second kappa shape index (κ2) is 9.34. The van der Waals surface area contributed by atoms with Gasteiger partial charge in [-0.25, -0.2) is 0 Å². The van der Waals surface area contributed by atoms with Crippen LogP contribution in [0.2, 0.25) is 0 Å². The number of hydrogen-bond acceptors (Lipinski definition) is 5. The monoisotopic (exact) mass is 399 g/mol. The summed E-state index contributed by atoms with van der Waals surface area (Å²) in [5.74, 6) is 6.01. The van der Waals surface area contributed by atoms with Crippen LogP contribution in [0.4, 0.5) is 13.2 Å². The van der Waals surface area contributed by atoms with Crippen molar-refractivity contribution in [3.05, 3.63) is 35.9 Å². The molecule has 0 unspecified atom stereocenters. The number of amidine groups is 1. The smallest absolute Gasteiger partial charge is 0.406 e. The lowest BCUT2D eigenvalue weighted by atomic mass is 9.96. The first-order valence-corrected chi connectivity index (χ1v) is 8.78. The second-order valence-corrected chi connectivity index (χ2v) is 6.53. The molecule has 1 aromatic rings. The van der Waals surface area contributed by atoms with Crippen molar-refractivity contribution in [1.29, 1.82) is 0 Å². The second-order valence-electron chi connectivity index (χ2n) is 6.53. The zero-order valence-corrected chi connectivity index (χ0v) is 15.5. The molecule has 1 heterocycles. The summed E-state index contributed by atoms with van der Waals surface area (Å²) in [5, 5.41) is 6.61. The molecule has 2 rings (SSSR count). The summed E-state index contributed by atoms with van der Waals surface area (Å²) in [6.07, 6.45) is -1.41. The van der Waals surface area contributed by atoms with E-state index in [9.17, 15) is 18.0 Å². The van der Waals surface area contributed by atoms with Gasteiger partial charge in [-0.05, 0) is 48.6 Å². The van der Waals surface area contributed by atoms with Crippen molar-refractivity contribution in [2.24, 2.45) is 22.6 Å². The molecule has 154 valence electrons. The summed E-state index contributed by atoms with van der Waals surface area (Å²) >= 11 is 0. The number of carbonyl (C=O) groups is 1. The molecule has 28 heavy (non-hydrogen) atoms. The van der Waals surface area contributed by atoms with Crippen molar-refractivity contribution in [3.63, 3.8) is 0 Å². The van der Waals surface area contributed by atoms with Crippen LogP contribution < -0.4 is 21.6 Å². The molecule has 1 aliphatic heterocycles. The average Bonchev–Trinajstić information content (AvgIpc) is 2.64. The molecule has 0 atom stereocenters. The maximum atomic E-state index is 12.2. The van der Waals surface area contributed by atoms with Gasteiger partial charge in [0.25, 0.3) is 0 Å². The van der Waals surface area contributed by atoms with Gasteiger partial charge in [0, 0.05) is 38.3 Å². The fraction of sp³-hybridized carbons (Fsp3) is 0.444. The largest absolute Gasteiger partial charge is 0.573 e. The average molecular weight is 399 g/mol. The van der Waals surface area contributed by atoms with Crippen molar-refractivity contribution in [3.8, 4) is 5.75 Å². The molecule has 0 aliphatic carbocycles. The van der Waals surface area contributed by atoms with Crippen LogP contribution in [0.1, 0.15) is 25.3 Å². The summed E-state index contributed by atoms with van der Waals surface area (Å²) in [6, 6.07) is 5.24. The van der Waals surface area contributed by atoms with Gasteiger partial charge < -0.3 is 26.5 Å². The molecule has 0 spiro atoms. The molecule has 7 nitrogen and oxygen atoms in total. The molecule has 1 amide bonds. The minimum atomic E-state index is -4.74. The molecule has 1 saturated heterocycles. The van der Waals surface area contributed by atoms with Gasteiger partial charge in [0.1, 0.15) is 11.6 Å². The highest BCUT2D eigenvalue weighted by Crippen LogP contribution is 2.24. The van der Waals surface area contributed by atoms with E-state index >= 15 is 0 Å². The highest BCUT2D eigenvalue weighted by molar-refractivity contribution is 5.98. The number of carbonyl (C=O) groups excluding carboxylic acids is 1. The SMILES string of the molecule is CC(=O)NCC1CCN(C(C=C(N)c2ccc(OC(F)(F)F)cc2)=NN)CC1. The quantitative estimate of drug-likeness (QED) is 0.304. The van der Waals surface area contributed by atoms with Crippen molar-refractivity contribution in [2.45, 2.75) is 26.1 Å². The molecular formula is C18H24F3N5O2. The number of ether oxygens (including phenoxy) is 1. The molecule has 1 aromatic carbocycles. The third kappa shape index (κ3) is 6.67. The standard InChI is InChI=1S/C18H24F3N5O2/c1-12(27)24-11-13-6-8-26(9-7-13)17(25-23)10-16(22)14-2-4-15(5-3-14)28-18(19,20)21/h2-5,10,13H,6-9,11,22-23H2,1H3,(H,24,27). The van der Waals surface area contributed by atoms with E-state index in [4.69, 9.17) is 11.6 Å². The Morgan fingerprint density at radius 3 is 2.43 bits per heavy atom. The van der Waals surface area contributed by atoms with Gasteiger partial charge in [0.2, 0.25) is 5.91 Å². The van der Waals surface area contributed by atoms with Gasteiger partial charge in [-0.15, -0.1) is 13.2 Å². The first-order chi connectivity index (χ1) is 13.2. The number of nitrogens with zero attached hydrogens (tertiary/aromatic N) is 2. The normalized spacial score (nSPS) is 16.8. The Labute approximate surface area is 161 Å². The first kappa shape index (κ1) is 21.4. The van der Waals surface area contributed by atoms with Crippen LogP contribution in [0.25, 0.3) is 5.70 Å². The van der Waals surface area contributed by atoms with Crippen molar-refractivity contribution >= 4 is 17.4 Å². The van der Waals surface area contributed by atoms with Crippen LogP contribution in [0.5, 0.6) is 5.75 Å². The van der Waals surface area contributed by atoms with E-state index in [1.54, 1.807) is 6.08 Å². The third-order valence-electron chi connectivity index (χ3n) is 4.42. The van der Waals surface area contributed by atoms with Gasteiger partial charge >= 0.3 is 6.36 Å². The minimum Gasteiger partial charge on any atom is -0.406 e. The summed E-state index contributed by atoms with van der Waals surface area (Å²) in [7, 11) is 0. The maximum absolute atomic E-state index is 12.2. The van der Waals surface area contributed by atoms with Gasteiger partial charge in [-0.2, -0.15) is 5.10 Å². The van der Waals surface area contributed by atoms with Crippen molar-refractivity contribution in [2.75, 3.05) is 19.6 Å². The van der Waals surface area contributed by atoms with Crippen LogP contribution in [0.15, 0.2) is 35.4 Å². The summed E-state index contributed by atoms with van der Waals surface area (Å²) in [4.78, 5) is 13.0. The zero-order valence-electron chi connectivity index (χ0n) is 15.5. The molecule has 1 aliphatic rings. The summed E-state index contributed by atoms with van der Waals surface area (Å²) in [6.45, 7) is 3.55. The Bertz CT molecular complexity index is 724. The van der Waals surface area contributed by atoms with E-state index in [-0.39, 0.29) is 11.7 Å². The number of alkyl halides is 3. The van der Waals surface area contributed by atoms with Crippen molar-refractivity contribution < 1.29 is 22.7 Å². The Morgan fingerprint density at radius 1 is 1.32 bits per heavy atom. The number of hydrogen-bond donors (Lipinski definition) is 3. The highest BCUT2D eigenvalue weighted by Gasteiger charge is 2.31. The van der Waals surface area contributed by atoms with E-state index in [0.717, 1.165) is 12.8 Å². The van der Waals surface area contributed by atoms with E-state index in [0.29, 0.717) is 42.6 Å². The number of hydrazone groups is 1. The van der Waals surface area contributed by atoms with E-state index in [1.165, 1.54) is 31.2 Å². The molecule has 5 N–H and O–H groups in total. The molecule has 0 saturated carbocycles. The number of benzene rings is 1. The third-order valence-corrected chi connectivity index (χ3v) is 4.42. The predicted molar refractivity (Wildman–Crippen MR) is 99.9 cm³/mol. The van der Waals surface area contributed by atoms with E-state index < -0.39 is 6.36 Å². The van der Waals surface area contributed by atoms with Crippen LogP contribution >= 0.6 is 0 Å². The Hall–Kier alpha value is -2.91. The lowest BCUT2D eigenvalue weighted by Crippen LogP contribution is -2.41. The molecule has 0 bridgehead atoms. The molecule has 1 fully saturated rings. The van der Waals surface area contributed by atoms with Gasteiger partial charge in [0.05, 0.1) is 0 Å². The molecule has 0 aromatic heterocycles. The predicted octanol–water partition coefficient (Wildman–Crippen LogP) is 2.01. The number of amides is 1. The highest BCUT2D eigenvalue weighted by atomic mass is 19.4. The van der Waals surface area contributed by atoms with Crippen LogP contribution in [0, 0.1) is 5.92 Å². The van der Waals surface area contributed by atoms with Crippen molar-refractivity contribution in [1.82, 2.24) is 10.2 Å². The van der Waals surface area contributed by atoms with E-state index in [2.05, 4.69) is 15.2 Å². The van der Waals surface area contributed by atoms with Gasteiger partial charge in [-0.3, -0.25) is 4.79 Å². The lowest BCUT2D eigenvalue weighted by Gasteiger charge is -2.33. The number of rotatable bonds is 5. The van der Waals surface area contributed by atoms with Crippen LogP contribution in [-0.2, 0) is 4.79 Å². The Kier molecular flexibility index (Phi) is 7.13. The first-order valence-electron chi connectivity index (χ1n) is 8.78. The molecular weight excluding hydrogens is 375 g/mol. The van der Waals surface area contributed by atoms with Crippen LogP contribution in [-0.4, -0.2) is 42.6 Å². The summed E-state index contributed by atoms with van der Waals surface area (Å²) in [5.41, 5.74) is 6.90. The topological polar surface area (TPSA) is 106 Å². The zero-order chi connectivity index (χ0) is 20.7. The number of likely N-dealkylation sites (tertiary alicyclic amines) is 1. The van der Waals surface area contributed by atoms with E-state index in [1.807, 2.05) is 4.90 Å². The number of halogens is 3. The number of piperidine rings is 1. The maximum Gasteiger partial charge on any atom is 0.573 e. The van der Waals surface area contributed by atoms with Gasteiger partial charge in [0.15, 0.2) is 0 Å². The Morgan fingerprint density at radius 2 is 1.93 bits per heavy atom. The number of nitrogens with one attached hydrogen (secondary N) is 1. The minimum absolute atomic E-state index is 0.0472. The fourth-order valence-electron chi connectivity index (χ4n) is 2.94.